The van der Waals surface area contributed by atoms with Crippen LogP contribution in [0.15, 0.2) is 53.4 Å². The summed E-state index contributed by atoms with van der Waals surface area (Å²) in [4.78, 5) is 0.0313. The van der Waals surface area contributed by atoms with E-state index < -0.39 is 21.8 Å². The highest BCUT2D eigenvalue weighted by atomic mass is 35.5. The maximum absolute atomic E-state index is 12.4. The molecule has 22 heavy (non-hydrogen) atoms. The van der Waals surface area contributed by atoms with Crippen LogP contribution in [0.4, 0.5) is 13.2 Å². The van der Waals surface area contributed by atoms with E-state index >= 15 is 0 Å². The van der Waals surface area contributed by atoms with E-state index in [1.54, 1.807) is 0 Å². The molecule has 0 saturated carbocycles. The van der Waals surface area contributed by atoms with Crippen molar-refractivity contribution in [1.82, 2.24) is 4.72 Å². The van der Waals surface area contributed by atoms with Crippen LogP contribution in [-0.2, 0) is 22.7 Å². The normalized spacial score (nSPS) is 12.4. The van der Waals surface area contributed by atoms with E-state index in [-0.39, 0.29) is 11.4 Å². The Morgan fingerprint density at radius 2 is 1.50 bits per heavy atom. The summed E-state index contributed by atoms with van der Waals surface area (Å²) in [6, 6.07) is 9.84. The van der Waals surface area contributed by atoms with Crippen molar-refractivity contribution in [3.05, 3.63) is 64.7 Å². The first-order valence-electron chi connectivity index (χ1n) is 6.10. The summed E-state index contributed by atoms with van der Waals surface area (Å²) in [6.45, 7) is -0.108. The number of alkyl halides is 3. The van der Waals surface area contributed by atoms with Gasteiger partial charge in [0.05, 0.1) is 10.5 Å². The van der Waals surface area contributed by atoms with Crippen molar-refractivity contribution in [2.24, 2.45) is 0 Å². The van der Waals surface area contributed by atoms with E-state index in [1.807, 2.05) is 0 Å². The Bertz CT molecular complexity index is 741. The second-order valence-corrected chi connectivity index (χ2v) is 6.68. The molecule has 0 radical (unpaired) electrons. The van der Waals surface area contributed by atoms with Crippen LogP contribution < -0.4 is 4.72 Å². The van der Waals surface area contributed by atoms with Gasteiger partial charge in [0.25, 0.3) is 0 Å². The molecular formula is C14H11ClF3NO2S. The van der Waals surface area contributed by atoms with Crippen molar-refractivity contribution in [2.75, 3.05) is 0 Å². The first-order valence-corrected chi connectivity index (χ1v) is 7.96. The van der Waals surface area contributed by atoms with Crippen molar-refractivity contribution >= 4 is 21.6 Å². The standard InChI is InChI=1S/C14H11ClF3NO2S/c15-12-5-7-13(8-6-12)22(20,21)19-9-10-1-3-11(4-2-10)14(16,17)18/h1-8,19H,9H2. The third-order valence-corrected chi connectivity index (χ3v) is 4.54. The number of halogens is 4. The Morgan fingerprint density at radius 3 is 2.00 bits per heavy atom. The van der Waals surface area contributed by atoms with Crippen LogP contribution in [0.1, 0.15) is 11.1 Å². The largest absolute Gasteiger partial charge is 0.416 e. The van der Waals surface area contributed by atoms with Crippen LogP contribution in [0.25, 0.3) is 0 Å². The van der Waals surface area contributed by atoms with Gasteiger partial charge in [-0.2, -0.15) is 13.2 Å². The third kappa shape index (κ3) is 4.22. The van der Waals surface area contributed by atoms with Gasteiger partial charge in [-0.25, -0.2) is 13.1 Å². The fourth-order valence-corrected chi connectivity index (χ4v) is 2.83. The van der Waals surface area contributed by atoms with Crippen LogP contribution >= 0.6 is 11.6 Å². The first-order chi connectivity index (χ1) is 10.2. The fourth-order valence-electron chi connectivity index (χ4n) is 1.69. The molecule has 8 heteroatoms. The van der Waals surface area contributed by atoms with Crippen LogP contribution in [0.5, 0.6) is 0 Å². The van der Waals surface area contributed by atoms with Crippen molar-refractivity contribution in [2.45, 2.75) is 17.6 Å². The quantitative estimate of drug-likeness (QED) is 0.911. The summed E-state index contributed by atoms with van der Waals surface area (Å²) in [6.07, 6.45) is -4.42. The fraction of sp³-hybridized carbons (Fsp3) is 0.143. The van der Waals surface area contributed by atoms with Gasteiger partial charge >= 0.3 is 6.18 Å². The number of sulfonamides is 1. The molecular weight excluding hydrogens is 339 g/mol. The van der Waals surface area contributed by atoms with Gasteiger partial charge < -0.3 is 0 Å². The maximum Gasteiger partial charge on any atom is 0.416 e. The third-order valence-electron chi connectivity index (χ3n) is 2.87. The van der Waals surface area contributed by atoms with E-state index in [0.717, 1.165) is 12.1 Å². The molecule has 0 atom stereocenters. The minimum Gasteiger partial charge on any atom is -0.207 e. The predicted octanol–water partition coefficient (Wildman–Crippen LogP) is 3.84. The molecule has 0 aliphatic carbocycles. The van der Waals surface area contributed by atoms with Gasteiger partial charge in [0, 0.05) is 11.6 Å². The maximum atomic E-state index is 12.4. The van der Waals surface area contributed by atoms with Gasteiger partial charge in [-0.05, 0) is 42.0 Å². The average molecular weight is 350 g/mol. The molecule has 0 saturated heterocycles. The Labute approximate surface area is 130 Å². The van der Waals surface area contributed by atoms with E-state index in [1.165, 1.54) is 36.4 Å². The molecule has 0 fully saturated rings. The van der Waals surface area contributed by atoms with Gasteiger partial charge in [-0.1, -0.05) is 23.7 Å². The Hall–Kier alpha value is -1.57. The highest BCUT2D eigenvalue weighted by Gasteiger charge is 2.29. The number of hydrogen-bond donors (Lipinski definition) is 1. The molecule has 118 valence electrons. The monoisotopic (exact) mass is 349 g/mol. The zero-order chi connectivity index (χ0) is 16.4. The molecule has 2 aromatic rings. The number of nitrogens with one attached hydrogen (secondary N) is 1. The van der Waals surface area contributed by atoms with E-state index in [2.05, 4.69) is 4.72 Å². The topological polar surface area (TPSA) is 46.2 Å². The summed E-state index contributed by atoms with van der Waals surface area (Å²) in [5.74, 6) is 0. The number of rotatable bonds is 4. The first kappa shape index (κ1) is 16.8. The zero-order valence-electron chi connectivity index (χ0n) is 11.1. The van der Waals surface area contributed by atoms with Gasteiger partial charge in [0.1, 0.15) is 0 Å². The molecule has 0 aliphatic heterocycles. The number of benzene rings is 2. The van der Waals surface area contributed by atoms with Gasteiger partial charge in [0.15, 0.2) is 0 Å². The summed E-state index contributed by atoms with van der Waals surface area (Å²) >= 11 is 5.68. The van der Waals surface area contributed by atoms with Gasteiger partial charge in [0.2, 0.25) is 10.0 Å². The minimum absolute atomic E-state index is 0.0313. The lowest BCUT2D eigenvalue weighted by Crippen LogP contribution is -2.23. The molecule has 3 nitrogen and oxygen atoms in total. The molecule has 0 heterocycles. The van der Waals surface area contributed by atoms with Crippen molar-refractivity contribution in [3.63, 3.8) is 0 Å². The highest BCUT2D eigenvalue weighted by molar-refractivity contribution is 7.89. The van der Waals surface area contributed by atoms with Crippen molar-refractivity contribution in [3.8, 4) is 0 Å². The smallest absolute Gasteiger partial charge is 0.207 e. The molecule has 0 unspecified atom stereocenters. The van der Waals surface area contributed by atoms with Gasteiger partial charge in [-0.15, -0.1) is 0 Å². The number of hydrogen-bond acceptors (Lipinski definition) is 2. The van der Waals surface area contributed by atoms with Crippen LogP contribution in [0.2, 0.25) is 5.02 Å². The summed E-state index contributed by atoms with van der Waals surface area (Å²) in [5, 5.41) is 0.404. The molecule has 0 aliphatic rings. The Morgan fingerprint density at radius 1 is 0.955 bits per heavy atom. The Balaban J connectivity index is 2.07. The van der Waals surface area contributed by atoms with Crippen molar-refractivity contribution in [1.29, 1.82) is 0 Å². The summed E-state index contributed by atoms with van der Waals surface area (Å²) < 4.78 is 63.6. The molecule has 0 amide bonds. The summed E-state index contributed by atoms with van der Waals surface area (Å²) in [5.41, 5.74) is -0.359. The van der Waals surface area contributed by atoms with E-state index in [0.29, 0.717) is 10.6 Å². The molecule has 2 aromatic carbocycles. The lowest BCUT2D eigenvalue weighted by atomic mass is 10.1. The second-order valence-electron chi connectivity index (χ2n) is 4.47. The van der Waals surface area contributed by atoms with E-state index in [4.69, 9.17) is 11.6 Å². The Kier molecular flexibility index (Phi) is 4.79. The van der Waals surface area contributed by atoms with Crippen LogP contribution in [0, 0.1) is 0 Å². The van der Waals surface area contributed by atoms with Crippen LogP contribution in [0.3, 0.4) is 0 Å². The van der Waals surface area contributed by atoms with Gasteiger partial charge in [-0.3, -0.25) is 0 Å². The molecule has 0 spiro atoms. The summed E-state index contributed by atoms with van der Waals surface area (Å²) in [7, 11) is -3.74. The predicted molar refractivity (Wildman–Crippen MR) is 76.9 cm³/mol. The SMILES string of the molecule is O=S(=O)(NCc1ccc(C(F)(F)F)cc1)c1ccc(Cl)cc1. The minimum atomic E-state index is -4.42. The lowest BCUT2D eigenvalue weighted by molar-refractivity contribution is -0.137. The molecule has 2 rings (SSSR count). The lowest BCUT2D eigenvalue weighted by Gasteiger charge is -2.09. The van der Waals surface area contributed by atoms with Crippen LogP contribution in [-0.4, -0.2) is 8.42 Å². The molecule has 0 bridgehead atoms. The van der Waals surface area contributed by atoms with E-state index in [9.17, 15) is 21.6 Å². The highest BCUT2D eigenvalue weighted by Crippen LogP contribution is 2.29. The molecule has 1 N–H and O–H groups in total. The average Bonchev–Trinajstić information content (AvgIpc) is 2.45. The molecule has 0 aromatic heterocycles. The zero-order valence-corrected chi connectivity index (χ0v) is 12.6. The van der Waals surface area contributed by atoms with Crippen molar-refractivity contribution < 1.29 is 21.6 Å². The second kappa shape index (κ2) is 6.28.